The maximum absolute atomic E-state index is 11.3. The van der Waals surface area contributed by atoms with Crippen LogP contribution in [-0.4, -0.2) is 12.6 Å². The Morgan fingerprint density at radius 1 is 1.57 bits per heavy atom. The van der Waals surface area contributed by atoms with E-state index in [1.807, 2.05) is 12.1 Å². The fourth-order valence-corrected chi connectivity index (χ4v) is 2.04. The number of aryl methyl sites for hydroxylation is 1. The molecular formula is C10H15NO2S. The molecule has 1 atom stereocenters. The first-order chi connectivity index (χ1) is 6.69. The summed E-state index contributed by atoms with van der Waals surface area (Å²) in [6.07, 6.45) is 0.972. The van der Waals surface area contributed by atoms with Crippen LogP contribution in [0, 0.1) is 0 Å². The molecule has 0 saturated carbocycles. The molecule has 1 heterocycles. The van der Waals surface area contributed by atoms with Gasteiger partial charge in [0.25, 0.3) is 0 Å². The van der Waals surface area contributed by atoms with E-state index >= 15 is 0 Å². The Morgan fingerprint density at radius 2 is 2.29 bits per heavy atom. The lowest BCUT2D eigenvalue weighted by Crippen LogP contribution is -2.22. The third-order valence-corrected chi connectivity index (χ3v) is 3.19. The van der Waals surface area contributed by atoms with E-state index in [2.05, 4.69) is 6.92 Å². The lowest BCUT2D eigenvalue weighted by Gasteiger charge is -2.07. The molecule has 0 aliphatic rings. The zero-order valence-electron chi connectivity index (χ0n) is 8.45. The number of esters is 1. The van der Waals surface area contributed by atoms with Gasteiger partial charge in [-0.3, -0.25) is 0 Å². The summed E-state index contributed by atoms with van der Waals surface area (Å²) in [7, 11) is 0. The molecule has 0 fully saturated rings. The van der Waals surface area contributed by atoms with Crippen molar-refractivity contribution >= 4 is 17.3 Å². The first kappa shape index (κ1) is 11.2. The van der Waals surface area contributed by atoms with Gasteiger partial charge in [0.2, 0.25) is 0 Å². The minimum atomic E-state index is -0.625. The van der Waals surface area contributed by atoms with E-state index in [9.17, 15) is 4.79 Å². The van der Waals surface area contributed by atoms with Crippen LogP contribution in [0.25, 0.3) is 0 Å². The van der Waals surface area contributed by atoms with E-state index in [0.29, 0.717) is 6.61 Å². The number of nitrogens with two attached hydrogens (primary N) is 1. The molecular weight excluding hydrogens is 198 g/mol. The van der Waals surface area contributed by atoms with Crippen LogP contribution < -0.4 is 5.73 Å². The lowest BCUT2D eigenvalue weighted by atomic mass is 10.2. The second-order valence-electron chi connectivity index (χ2n) is 2.89. The zero-order valence-corrected chi connectivity index (χ0v) is 9.26. The lowest BCUT2D eigenvalue weighted by molar-refractivity contribution is -0.144. The number of rotatable bonds is 4. The van der Waals surface area contributed by atoms with Gasteiger partial charge < -0.3 is 10.5 Å². The van der Waals surface area contributed by atoms with Crippen LogP contribution in [0.2, 0.25) is 0 Å². The normalized spacial score (nSPS) is 12.5. The highest BCUT2D eigenvalue weighted by molar-refractivity contribution is 7.12. The molecule has 14 heavy (non-hydrogen) atoms. The number of ether oxygens (including phenoxy) is 1. The highest BCUT2D eigenvalue weighted by Gasteiger charge is 2.18. The summed E-state index contributed by atoms with van der Waals surface area (Å²) in [4.78, 5) is 13.4. The first-order valence-corrected chi connectivity index (χ1v) is 5.51. The largest absolute Gasteiger partial charge is 0.465 e. The topological polar surface area (TPSA) is 52.3 Å². The van der Waals surface area contributed by atoms with Crippen molar-refractivity contribution in [3.63, 3.8) is 0 Å². The van der Waals surface area contributed by atoms with Gasteiger partial charge in [-0.2, -0.15) is 0 Å². The minimum absolute atomic E-state index is 0.350. The quantitative estimate of drug-likeness (QED) is 0.777. The van der Waals surface area contributed by atoms with Crippen molar-refractivity contribution in [3.8, 4) is 0 Å². The molecule has 1 unspecified atom stereocenters. The van der Waals surface area contributed by atoms with Gasteiger partial charge >= 0.3 is 5.97 Å². The van der Waals surface area contributed by atoms with Crippen molar-refractivity contribution < 1.29 is 9.53 Å². The minimum Gasteiger partial charge on any atom is -0.465 e. The van der Waals surface area contributed by atoms with Gasteiger partial charge in [-0.1, -0.05) is 6.92 Å². The molecule has 0 aliphatic heterocycles. The highest BCUT2D eigenvalue weighted by atomic mass is 32.1. The highest BCUT2D eigenvalue weighted by Crippen LogP contribution is 2.22. The summed E-state index contributed by atoms with van der Waals surface area (Å²) in [6.45, 7) is 4.22. The van der Waals surface area contributed by atoms with Crippen LogP contribution in [0.4, 0.5) is 0 Å². The van der Waals surface area contributed by atoms with E-state index in [-0.39, 0.29) is 5.97 Å². The number of hydrogen-bond donors (Lipinski definition) is 1. The molecule has 0 aliphatic carbocycles. The summed E-state index contributed by atoms with van der Waals surface area (Å²) in [5, 5.41) is 0. The van der Waals surface area contributed by atoms with Crippen molar-refractivity contribution in [2.45, 2.75) is 26.3 Å². The smallest absolute Gasteiger partial charge is 0.328 e. The number of carbonyl (C=O) groups excluding carboxylic acids is 1. The molecule has 0 radical (unpaired) electrons. The number of thiophene rings is 1. The molecule has 4 heteroatoms. The second kappa shape index (κ2) is 5.12. The molecule has 0 bridgehead atoms. The van der Waals surface area contributed by atoms with E-state index in [1.54, 1.807) is 18.3 Å². The monoisotopic (exact) mass is 213 g/mol. The molecule has 0 spiro atoms. The summed E-state index contributed by atoms with van der Waals surface area (Å²) < 4.78 is 4.84. The Labute approximate surface area is 87.9 Å². The Kier molecular flexibility index (Phi) is 4.10. The van der Waals surface area contributed by atoms with E-state index in [0.717, 1.165) is 11.3 Å². The predicted octanol–water partition coefficient (Wildman–Crippen LogP) is 1.87. The number of carbonyl (C=O) groups is 1. The molecule has 3 nitrogen and oxygen atoms in total. The zero-order chi connectivity index (χ0) is 10.6. The molecule has 0 saturated heterocycles. The fourth-order valence-electron chi connectivity index (χ4n) is 1.10. The van der Waals surface area contributed by atoms with Crippen molar-refractivity contribution in [3.05, 3.63) is 21.9 Å². The van der Waals surface area contributed by atoms with Gasteiger partial charge in [0.1, 0.15) is 6.04 Å². The molecule has 0 amide bonds. The van der Waals surface area contributed by atoms with Gasteiger partial charge in [-0.25, -0.2) is 4.79 Å². The molecule has 1 aromatic heterocycles. The standard InChI is InChI=1S/C10H15NO2S/c1-3-7-5-6-8(14-7)9(11)10(12)13-4-2/h5-6,9H,3-4,11H2,1-2H3. The van der Waals surface area contributed by atoms with Gasteiger partial charge in [-0.05, 0) is 25.5 Å². The second-order valence-corrected chi connectivity index (χ2v) is 4.09. The summed E-state index contributed by atoms with van der Waals surface area (Å²) in [6, 6.07) is 3.27. The molecule has 78 valence electrons. The molecule has 2 N–H and O–H groups in total. The van der Waals surface area contributed by atoms with Crippen molar-refractivity contribution in [2.24, 2.45) is 5.73 Å². The molecule has 0 aromatic carbocycles. The van der Waals surface area contributed by atoms with Crippen LogP contribution in [-0.2, 0) is 16.0 Å². The third-order valence-electron chi connectivity index (χ3n) is 1.88. The van der Waals surface area contributed by atoms with Gasteiger partial charge in [-0.15, -0.1) is 11.3 Å². The SMILES string of the molecule is CCOC(=O)C(N)c1ccc(CC)s1. The predicted molar refractivity (Wildman–Crippen MR) is 57.3 cm³/mol. The van der Waals surface area contributed by atoms with E-state index < -0.39 is 6.04 Å². The maximum Gasteiger partial charge on any atom is 0.328 e. The average Bonchev–Trinajstić information content (AvgIpc) is 2.65. The van der Waals surface area contributed by atoms with Gasteiger partial charge in [0, 0.05) is 9.75 Å². The van der Waals surface area contributed by atoms with Gasteiger partial charge in [0.05, 0.1) is 6.61 Å². The van der Waals surface area contributed by atoms with Gasteiger partial charge in [0.15, 0.2) is 0 Å². The van der Waals surface area contributed by atoms with E-state index in [1.165, 1.54) is 4.88 Å². The molecule has 1 aromatic rings. The van der Waals surface area contributed by atoms with E-state index in [4.69, 9.17) is 10.5 Å². The Morgan fingerprint density at radius 3 is 2.79 bits per heavy atom. The average molecular weight is 213 g/mol. The summed E-state index contributed by atoms with van der Waals surface area (Å²) >= 11 is 1.57. The van der Waals surface area contributed by atoms with Crippen LogP contribution >= 0.6 is 11.3 Å². The maximum atomic E-state index is 11.3. The summed E-state index contributed by atoms with van der Waals surface area (Å²) in [5.41, 5.74) is 5.73. The summed E-state index contributed by atoms with van der Waals surface area (Å²) in [5.74, 6) is -0.350. The third kappa shape index (κ3) is 2.56. The Bertz CT molecular complexity index is 309. The Balaban J connectivity index is 2.68. The van der Waals surface area contributed by atoms with Crippen LogP contribution in [0.1, 0.15) is 29.6 Å². The van der Waals surface area contributed by atoms with Crippen molar-refractivity contribution in [2.75, 3.05) is 6.61 Å². The number of hydrogen-bond acceptors (Lipinski definition) is 4. The van der Waals surface area contributed by atoms with Crippen LogP contribution in [0.3, 0.4) is 0 Å². The fraction of sp³-hybridized carbons (Fsp3) is 0.500. The Hall–Kier alpha value is -0.870. The molecule has 1 rings (SSSR count). The van der Waals surface area contributed by atoms with Crippen LogP contribution in [0.5, 0.6) is 0 Å². The first-order valence-electron chi connectivity index (χ1n) is 4.69. The van der Waals surface area contributed by atoms with Crippen molar-refractivity contribution in [1.29, 1.82) is 0 Å². The van der Waals surface area contributed by atoms with Crippen LogP contribution in [0.15, 0.2) is 12.1 Å². The van der Waals surface area contributed by atoms with Crippen molar-refractivity contribution in [1.82, 2.24) is 0 Å².